The van der Waals surface area contributed by atoms with E-state index in [1.165, 1.54) is 11.1 Å². The van der Waals surface area contributed by atoms with Gasteiger partial charge in [-0.3, -0.25) is 4.79 Å². The van der Waals surface area contributed by atoms with Gasteiger partial charge in [0, 0.05) is 18.8 Å². The van der Waals surface area contributed by atoms with E-state index in [2.05, 4.69) is 24.3 Å². The highest BCUT2D eigenvalue weighted by molar-refractivity contribution is 8.09. The summed E-state index contributed by atoms with van der Waals surface area (Å²) >= 11 is 6.46. The lowest BCUT2D eigenvalue weighted by Gasteiger charge is -2.28. The van der Waals surface area contributed by atoms with Gasteiger partial charge >= 0.3 is 0 Å². The summed E-state index contributed by atoms with van der Waals surface area (Å²) in [6, 6.07) is 20.0. The van der Waals surface area contributed by atoms with Gasteiger partial charge in [0.1, 0.15) is 0 Å². The van der Waals surface area contributed by atoms with Gasteiger partial charge in [-0.2, -0.15) is 12.6 Å². The number of thioether (sulfide) groups is 1. The molecule has 2 atom stereocenters. The summed E-state index contributed by atoms with van der Waals surface area (Å²) in [4.78, 5) is 14.8. The fourth-order valence-electron chi connectivity index (χ4n) is 2.90. The Labute approximate surface area is 178 Å². The van der Waals surface area contributed by atoms with E-state index in [9.17, 15) is 4.79 Å². The summed E-state index contributed by atoms with van der Waals surface area (Å²) in [5, 5.41) is 0. The molecule has 0 aliphatic carbocycles. The SMILES string of the molecule is NCCC[C@@H](N)C(=O)N(CCc1ccccc1)CC(S)SCc1ccccc1. The lowest BCUT2D eigenvalue weighted by Crippen LogP contribution is -2.46. The van der Waals surface area contributed by atoms with Crippen molar-refractivity contribution in [1.82, 2.24) is 4.90 Å². The predicted octanol–water partition coefficient (Wildman–Crippen LogP) is 3.31. The van der Waals surface area contributed by atoms with Gasteiger partial charge in [0.2, 0.25) is 5.91 Å². The fourth-order valence-corrected chi connectivity index (χ4v) is 4.19. The van der Waals surface area contributed by atoms with Crippen LogP contribution in [0.2, 0.25) is 0 Å². The maximum absolute atomic E-state index is 12.9. The largest absolute Gasteiger partial charge is 0.339 e. The first-order valence-electron chi connectivity index (χ1n) is 9.72. The second-order valence-electron chi connectivity index (χ2n) is 6.81. The Bertz CT molecular complexity index is 685. The van der Waals surface area contributed by atoms with E-state index < -0.39 is 6.04 Å². The van der Waals surface area contributed by atoms with Crippen molar-refractivity contribution < 1.29 is 4.79 Å². The molecule has 0 saturated heterocycles. The van der Waals surface area contributed by atoms with Crippen LogP contribution in [0.25, 0.3) is 0 Å². The van der Waals surface area contributed by atoms with Gasteiger partial charge in [-0.15, -0.1) is 11.8 Å². The van der Waals surface area contributed by atoms with Crippen molar-refractivity contribution >= 4 is 30.3 Å². The molecule has 2 aromatic carbocycles. The Morgan fingerprint density at radius 1 is 1.04 bits per heavy atom. The highest BCUT2D eigenvalue weighted by Gasteiger charge is 2.22. The normalized spacial score (nSPS) is 13.1. The van der Waals surface area contributed by atoms with Gasteiger partial charge in [0.25, 0.3) is 0 Å². The minimum atomic E-state index is -0.501. The molecule has 4 N–H and O–H groups in total. The number of nitrogens with zero attached hydrogens (tertiary/aromatic N) is 1. The third-order valence-electron chi connectivity index (χ3n) is 4.52. The summed E-state index contributed by atoms with van der Waals surface area (Å²) in [6.07, 6.45) is 2.18. The molecule has 2 aromatic rings. The Morgan fingerprint density at radius 3 is 2.25 bits per heavy atom. The van der Waals surface area contributed by atoms with Crippen molar-refractivity contribution in [3.63, 3.8) is 0 Å². The Morgan fingerprint density at radius 2 is 1.64 bits per heavy atom. The number of carbonyl (C=O) groups excluding carboxylic acids is 1. The maximum Gasteiger partial charge on any atom is 0.239 e. The molecule has 0 radical (unpaired) electrons. The maximum atomic E-state index is 12.9. The molecule has 1 amide bonds. The smallest absolute Gasteiger partial charge is 0.239 e. The molecule has 1 unspecified atom stereocenters. The van der Waals surface area contributed by atoms with Crippen LogP contribution >= 0.6 is 24.4 Å². The van der Waals surface area contributed by atoms with Gasteiger partial charge in [-0.1, -0.05) is 60.7 Å². The molecule has 4 nitrogen and oxygen atoms in total. The average Bonchev–Trinajstić information content (AvgIpc) is 2.74. The second kappa shape index (κ2) is 12.9. The minimum Gasteiger partial charge on any atom is -0.339 e. The number of hydrogen-bond acceptors (Lipinski definition) is 5. The summed E-state index contributed by atoms with van der Waals surface area (Å²) in [5.41, 5.74) is 14.2. The summed E-state index contributed by atoms with van der Waals surface area (Å²) < 4.78 is 0.0293. The van der Waals surface area contributed by atoms with E-state index in [0.717, 1.165) is 18.6 Å². The average molecular weight is 418 g/mol. The Balaban J connectivity index is 1.94. The van der Waals surface area contributed by atoms with Gasteiger partial charge in [0.15, 0.2) is 0 Å². The zero-order valence-corrected chi connectivity index (χ0v) is 18.0. The van der Waals surface area contributed by atoms with Crippen LogP contribution in [0.15, 0.2) is 60.7 Å². The van der Waals surface area contributed by atoms with Crippen LogP contribution in [0.4, 0.5) is 0 Å². The molecule has 28 heavy (non-hydrogen) atoms. The van der Waals surface area contributed by atoms with Crippen LogP contribution < -0.4 is 11.5 Å². The Hall–Kier alpha value is -1.47. The number of hydrogen-bond donors (Lipinski definition) is 3. The molecule has 0 heterocycles. The van der Waals surface area contributed by atoms with Gasteiger partial charge < -0.3 is 16.4 Å². The van der Waals surface area contributed by atoms with Crippen LogP contribution in [0, 0.1) is 0 Å². The topological polar surface area (TPSA) is 72.3 Å². The second-order valence-corrected chi connectivity index (χ2v) is 8.97. The number of carbonyl (C=O) groups is 1. The van der Waals surface area contributed by atoms with Gasteiger partial charge in [-0.25, -0.2) is 0 Å². The molecule has 152 valence electrons. The molecule has 0 saturated carbocycles. The van der Waals surface area contributed by atoms with E-state index in [0.29, 0.717) is 26.1 Å². The molecule has 0 spiro atoms. The van der Waals surface area contributed by atoms with E-state index in [-0.39, 0.29) is 10.5 Å². The standard InChI is InChI=1S/C22H31N3OS2/c23-14-7-12-20(24)22(26)25(15-13-18-8-3-1-4-9-18)16-21(27)28-17-19-10-5-2-6-11-19/h1-6,8-11,20-21,27H,7,12-17,23-24H2/t20-,21?/m1/s1. The number of rotatable bonds is 12. The molecule has 0 fully saturated rings. The summed E-state index contributed by atoms with van der Waals surface area (Å²) in [5.74, 6) is 0.860. The molecule has 0 aliphatic rings. The van der Waals surface area contributed by atoms with E-state index in [1.807, 2.05) is 41.3 Å². The first-order valence-corrected chi connectivity index (χ1v) is 11.3. The lowest BCUT2D eigenvalue weighted by atomic mass is 10.1. The molecular weight excluding hydrogens is 386 g/mol. The zero-order valence-electron chi connectivity index (χ0n) is 16.2. The van der Waals surface area contributed by atoms with E-state index >= 15 is 0 Å². The van der Waals surface area contributed by atoms with Crippen LogP contribution in [0.5, 0.6) is 0 Å². The summed E-state index contributed by atoms with van der Waals surface area (Å²) in [7, 11) is 0. The van der Waals surface area contributed by atoms with Crippen molar-refractivity contribution in [3.05, 3.63) is 71.8 Å². The number of benzene rings is 2. The molecular formula is C22H31N3OS2. The van der Waals surface area contributed by atoms with E-state index in [4.69, 9.17) is 24.1 Å². The van der Waals surface area contributed by atoms with Crippen molar-refractivity contribution in [2.24, 2.45) is 11.5 Å². The number of nitrogens with two attached hydrogens (primary N) is 2. The highest BCUT2D eigenvalue weighted by atomic mass is 32.2. The van der Waals surface area contributed by atoms with Crippen molar-refractivity contribution in [2.45, 2.75) is 35.6 Å². The van der Waals surface area contributed by atoms with Crippen LogP contribution in [-0.2, 0) is 17.0 Å². The van der Waals surface area contributed by atoms with Gasteiger partial charge in [-0.05, 0) is 36.9 Å². The van der Waals surface area contributed by atoms with Crippen molar-refractivity contribution in [1.29, 1.82) is 0 Å². The Kier molecular flexibility index (Phi) is 10.5. The van der Waals surface area contributed by atoms with Crippen LogP contribution in [0.3, 0.4) is 0 Å². The molecule has 2 rings (SSSR count). The third kappa shape index (κ3) is 8.27. The molecule has 0 aromatic heterocycles. The van der Waals surface area contributed by atoms with Crippen molar-refractivity contribution in [2.75, 3.05) is 19.6 Å². The van der Waals surface area contributed by atoms with Crippen molar-refractivity contribution in [3.8, 4) is 0 Å². The van der Waals surface area contributed by atoms with E-state index in [1.54, 1.807) is 11.8 Å². The third-order valence-corrected chi connectivity index (χ3v) is 6.17. The minimum absolute atomic E-state index is 0.0104. The predicted molar refractivity (Wildman–Crippen MR) is 124 cm³/mol. The summed E-state index contributed by atoms with van der Waals surface area (Å²) in [6.45, 7) is 1.76. The monoisotopic (exact) mass is 417 g/mol. The molecule has 0 bridgehead atoms. The number of amides is 1. The highest BCUT2D eigenvalue weighted by Crippen LogP contribution is 2.22. The number of thiol groups is 1. The van der Waals surface area contributed by atoms with Crippen LogP contribution in [-0.4, -0.2) is 41.1 Å². The quantitative estimate of drug-likeness (QED) is 0.366. The first-order chi connectivity index (χ1) is 13.6. The first kappa shape index (κ1) is 22.8. The van der Waals surface area contributed by atoms with Gasteiger partial charge in [0.05, 0.1) is 10.6 Å². The lowest BCUT2D eigenvalue weighted by molar-refractivity contribution is -0.132. The fraction of sp³-hybridized carbons (Fsp3) is 0.409. The zero-order chi connectivity index (χ0) is 20.2. The molecule has 6 heteroatoms. The molecule has 0 aliphatic heterocycles. The van der Waals surface area contributed by atoms with Crippen LogP contribution in [0.1, 0.15) is 24.0 Å².